The van der Waals surface area contributed by atoms with E-state index >= 15 is 0 Å². The van der Waals surface area contributed by atoms with Gasteiger partial charge in [-0.25, -0.2) is 0 Å². The number of aliphatic hydroxyl groups excluding tert-OH is 6. The smallest absolute Gasteiger partial charge is 0.229 e. The normalized spacial score (nSPS) is 34.0. The van der Waals surface area contributed by atoms with Gasteiger partial charge in [0.1, 0.15) is 77.2 Å². The van der Waals surface area contributed by atoms with E-state index in [1.54, 1.807) is 0 Å². The average molecular weight is 579 g/mol. The molecule has 0 spiro atoms. The molecule has 2 aromatic carbocycles. The van der Waals surface area contributed by atoms with Gasteiger partial charge in [0.2, 0.25) is 11.7 Å². The fourth-order valence-electron chi connectivity index (χ4n) is 4.76. The fraction of sp³-hybridized carbons (Fsp3) is 0.444. The summed E-state index contributed by atoms with van der Waals surface area (Å²) in [6.07, 6.45) is -13.2. The molecule has 2 aliphatic heterocycles. The number of rotatable bonds is 6. The van der Waals surface area contributed by atoms with E-state index in [9.17, 15) is 45.6 Å². The maximum atomic E-state index is 13.0. The third-order valence-electron chi connectivity index (χ3n) is 7.16. The lowest BCUT2D eigenvalue weighted by molar-refractivity contribution is -0.318. The van der Waals surface area contributed by atoms with Gasteiger partial charge >= 0.3 is 0 Å². The summed E-state index contributed by atoms with van der Waals surface area (Å²) in [6, 6.07) is 8.15. The molecule has 14 nitrogen and oxygen atoms in total. The Balaban J connectivity index is 1.28. The summed E-state index contributed by atoms with van der Waals surface area (Å²) < 4.78 is 27.5. The second-order valence-corrected chi connectivity index (χ2v) is 9.99. The predicted molar refractivity (Wildman–Crippen MR) is 137 cm³/mol. The molecule has 14 heteroatoms. The van der Waals surface area contributed by atoms with Crippen LogP contribution in [0, 0.1) is 0 Å². The van der Waals surface area contributed by atoms with Crippen LogP contribution in [0.5, 0.6) is 17.2 Å². The molecule has 0 unspecified atom stereocenters. The topological polar surface area (TPSA) is 229 Å². The highest BCUT2D eigenvalue weighted by molar-refractivity contribution is 5.88. The van der Waals surface area contributed by atoms with E-state index in [4.69, 9.17) is 23.4 Å². The minimum atomic E-state index is -1.69. The van der Waals surface area contributed by atoms with Crippen LogP contribution in [-0.2, 0) is 14.2 Å². The van der Waals surface area contributed by atoms with Gasteiger partial charge in [0.15, 0.2) is 6.29 Å². The summed E-state index contributed by atoms with van der Waals surface area (Å²) in [5, 5.41) is 80.7. The average Bonchev–Trinajstić information content (AvgIpc) is 2.94. The Morgan fingerprint density at radius 2 is 1.46 bits per heavy atom. The van der Waals surface area contributed by atoms with Gasteiger partial charge in [-0.1, -0.05) is 12.1 Å². The first-order valence-electron chi connectivity index (χ1n) is 12.7. The SMILES string of the molecule is C[C@@H]1O[C@@H](OC[C@H]2O[C@@H](Oc3ccc(-c4coc5cc(O)cc(O)c5c4=O)cc3)[C@H](O)[C@@H](O)[C@@H]2O)[C@H](O)[C@H](O)[C@H]1O. The molecule has 2 saturated heterocycles. The van der Waals surface area contributed by atoms with Gasteiger partial charge < -0.3 is 64.2 Å². The monoisotopic (exact) mass is 578 g/mol. The lowest BCUT2D eigenvalue weighted by atomic mass is 9.98. The first-order chi connectivity index (χ1) is 19.5. The van der Waals surface area contributed by atoms with Crippen molar-refractivity contribution in [2.75, 3.05) is 6.61 Å². The van der Waals surface area contributed by atoms with Crippen LogP contribution in [0.4, 0.5) is 0 Å². The number of aliphatic hydroxyl groups is 6. The summed E-state index contributed by atoms with van der Waals surface area (Å²) >= 11 is 0. The molecule has 10 atom stereocenters. The van der Waals surface area contributed by atoms with E-state index in [1.165, 1.54) is 43.5 Å². The second-order valence-electron chi connectivity index (χ2n) is 9.99. The van der Waals surface area contributed by atoms with E-state index in [2.05, 4.69) is 0 Å². The van der Waals surface area contributed by atoms with Crippen LogP contribution >= 0.6 is 0 Å². The zero-order valence-corrected chi connectivity index (χ0v) is 21.5. The molecule has 222 valence electrons. The lowest BCUT2D eigenvalue weighted by Crippen LogP contribution is -2.61. The molecular weight excluding hydrogens is 548 g/mol. The highest BCUT2D eigenvalue weighted by atomic mass is 16.7. The summed E-state index contributed by atoms with van der Waals surface area (Å²) in [4.78, 5) is 13.0. The molecule has 5 rings (SSSR count). The van der Waals surface area contributed by atoms with Crippen LogP contribution in [0.25, 0.3) is 22.1 Å². The molecule has 0 bridgehead atoms. The number of phenols is 2. The Morgan fingerprint density at radius 3 is 2.17 bits per heavy atom. The number of ether oxygens (including phenoxy) is 4. The van der Waals surface area contributed by atoms with Gasteiger partial charge in [-0.15, -0.1) is 0 Å². The first kappa shape index (κ1) is 29.2. The maximum Gasteiger partial charge on any atom is 0.229 e. The van der Waals surface area contributed by atoms with Gasteiger partial charge in [-0.05, 0) is 24.6 Å². The van der Waals surface area contributed by atoms with Gasteiger partial charge in [0.25, 0.3) is 0 Å². The van der Waals surface area contributed by atoms with E-state index in [0.29, 0.717) is 5.56 Å². The second kappa shape index (κ2) is 11.5. The molecule has 2 aliphatic rings. The van der Waals surface area contributed by atoms with Gasteiger partial charge in [-0.3, -0.25) is 4.79 Å². The number of benzene rings is 2. The van der Waals surface area contributed by atoms with Crippen molar-refractivity contribution in [3.8, 4) is 28.4 Å². The van der Waals surface area contributed by atoms with Crippen molar-refractivity contribution in [1.29, 1.82) is 0 Å². The third-order valence-corrected chi connectivity index (χ3v) is 7.16. The molecule has 8 N–H and O–H groups in total. The molecule has 41 heavy (non-hydrogen) atoms. The highest BCUT2D eigenvalue weighted by Crippen LogP contribution is 2.31. The molecule has 3 aromatic rings. The number of aromatic hydroxyl groups is 2. The van der Waals surface area contributed by atoms with Gasteiger partial charge in [-0.2, -0.15) is 0 Å². The van der Waals surface area contributed by atoms with Crippen LogP contribution in [0.2, 0.25) is 0 Å². The van der Waals surface area contributed by atoms with Crippen LogP contribution in [0.1, 0.15) is 6.92 Å². The van der Waals surface area contributed by atoms with Gasteiger partial charge in [0.05, 0.1) is 18.3 Å². The Bertz CT molecular complexity index is 1420. The van der Waals surface area contributed by atoms with E-state index < -0.39 is 79.2 Å². The lowest BCUT2D eigenvalue weighted by Gasteiger charge is -2.42. The molecular formula is C27H30O14. The van der Waals surface area contributed by atoms with Crippen molar-refractivity contribution in [3.05, 3.63) is 52.9 Å². The molecule has 2 fully saturated rings. The third kappa shape index (κ3) is 5.61. The molecule has 0 amide bonds. The van der Waals surface area contributed by atoms with E-state index in [1.807, 2.05) is 0 Å². The van der Waals surface area contributed by atoms with Crippen LogP contribution in [-0.4, -0.2) is 109 Å². The Kier molecular flexibility index (Phi) is 8.20. The van der Waals surface area contributed by atoms with Crippen LogP contribution in [0.3, 0.4) is 0 Å². The Labute approximate surface area is 231 Å². The Hall–Kier alpha value is -3.31. The van der Waals surface area contributed by atoms with Crippen molar-refractivity contribution in [3.63, 3.8) is 0 Å². The summed E-state index contributed by atoms with van der Waals surface area (Å²) in [5.74, 6) is -0.541. The van der Waals surface area contributed by atoms with Crippen LogP contribution < -0.4 is 10.2 Å². The largest absolute Gasteiger partial charge is 0.508 e. The van der Waals surface area contributed by atoms with E-state index in [-0.39, 0.29) is 28.0 Å². The summed E-state index contributed by atoms with van der Waals surface area (Å²) in [5.41, 5.74) is -0.00707. The molecule has 0 radical (unpaired) electrons. The molecule has 0 aliphatic carbocycles. The number of fused-ring (bicyclic) bond motifs is 1. The zero-order valence-electron chi connectivity index (χ0n) is 21.5. The summed E-state index contributed by atoms with van der Waals surface area (Å²) in [6.45, 7) is 1.03. The van der Waals surface area contributed by atoms with Crippen molar-refractivity contribution in [1.82, 2.24) is 0 Å². The quantitative estimate of drug-likeness (QED) is 0.174. The minimum absolute atomic E-state index is 0.00626. The predicted octanol–water partition coefficient (Wildman–Crippen LogP) is -1.10. The molecule has 1 aromatic heterocycles. The fourth-order valence-corrected chi connectivity index (χ4v) is 4.76. The van der Waals surface area contributed by atoms with Crippen molar-refractivity contribution in [2.24, 2.45) is 0 Å². The van der Waals surface area contributed by atoms with Gasteiger partial charge in [0, 0.05) is 12.1 Å². The number of phenolic OH excluding ortho intramolecular Hbond substituents is 2. The highest BCUT2D eigenvalue weighted by Gasteiger charge is 2.47. The standard InChI is InChI=1S/C27H30O14/c1-10-19(30)22(33)24(35)26(39-10)38-9-17-21(32)23(34)25(36)27(41-17)40-13-4-2-11(3-5-13)14-8-37-16-7-12(28)6-15(29)18(16)20(14)31/h2-8,10,17,19,21-30,32-36H,9H2,1H3/t10-,17+,19-,21+,22+,23-,24+,25+,26+,27+/m0/s1. The molecule has 0 saturated carbocycles. The van der Waals surface area contributed by atoms with Crippen LogP contribution in [0.15, 0.2) is 51.9 Å². The van der Waals surface area contributed by atoms with Crippen molar-refractivity contribution >= 4 is 11.0 Å². The minimum Gasteiger partial charge on any atom is -0.508 e. The zero-order chi connectivity index (χ0) is 29.6. The van der Waals surface area contributed by atoms with Crippen molar-refractivity contribution < 1.29 is 64.2 Å². The number of hydrogen-bond acceptors (Lipinski definition) is 14. The Morgan fingerprint density at radius 1 is 0.805 bits per heavy atom. The summed E-state index contributed by atoms with van der Waals surface area (Å²) in [7, 11) is 0. The maximum absolute atomic E-state index is 13.0. The van der Waals surface area contributed by atoms with E-state index in [0.717, 1.165) is 6.07 Å². The first-order valence-corrected chi connectivity index (χ1v) is 12.7. The van der Waals surface area contributed by atoms with Crippen molar-refractivity contribution in [2.45, 2.75) is 68.3 Å². The number of hydrogen-bond donors (Lipinski definition) is 8. The molecule has 3 heterocycles.